The highest BCUT2D eigenvalue weighted by Gasteiger charge is 2.18. The number of hydrogen-bond donors (Lipinski definition) is 2. The van der Waals surface area contributed by atoms with Gasteiger partial charge in [0.05, 0.1) is 11.6 Å². The Morgan fingerprint density at radius 2 is 2.03 bits per heavy atom. The normalized spacial score (nSPS) is 13.6. The summed E-state index contributed by atoms with van der Waals surface area (Å²) in [7, 11) is 1.91. The van der Waals surface area contributed by atoms with Crippen LogP contribution in [-0.2, 0) is 0 Å². The number of likely N-dealkylation sites (N-methyl/N-ethyl adjacent to an activating group) is 1. The van der Waals surface area contributed by atoms with Crippen molar-refractivity contribution in [1.82, 2.24) is 15.0 Å². The summed E-state index contributed by atoms with van der Waals surface area (Å²) in [5.74, 6) is 0.428. The molecule has 0 spiro atoms. The van der Waals surface area contributed by atoms with Crippen LogP contribution < -0.4 is 16.0 Å². The molecule has 0 aliphatic rings. The second-order valence-corrected chi connectivity index (χ2v) is 7.21. The van der Waals surface area contributed by atoms with Crippen molar-refractivity contribution in [2.45, 2.75) is 26.8 Å². The molecule has 6 nitrogen and oxygen atoms in total. The molecule has 3 N–H and O–H groups in total. The summed E-state index contributed by atoms with van der Waals surface area (Å²) >= 11 is 0. The summed E-state index contributed by atoms with van der Waals surface area (Å²) in [5.41, 5.74) is 9.92. The zero-order chi connectivity index (χ0) is 22.4. The third-order valence-corrected chi connectivity index (χ3v) is 4.78. The van der Waals surface area contributed by atoms with Crippen LogP contribution in [0, 0.1) is 5.82 Å². The third-order valence-electron chi connectivity index (χ3n) is 4.78. The molecule has 31 heavy (non-hydrogen) atoms. The van der Waals surface area contributed by atoms with Gasteiger partial charge in [-0.05, 0) is 62.8 Å². The number of aromatic nitrogens is 3. The fourth-order valence-corrected chi connectivity index (χ4v) is 3.24. The molecule has 7 heteroatoms. The van der Waals surface area contributed by atoms with E-state index in [1.807, 2.05) is 63.1 Å². The van der Waals surface area contributed by atoms with Gasteiger partial charge in [0.1, 0.15) is 11.3 Å². The van der Waals surface area contributed by atoms with Gasteiger partial charge in [0, 0.05) is 24.6 Å². The maximum Gasteiger partial charge on any atom is 0.222 e. The third kappa shape index (κ3) is 5.45. The molecule has 0 radical (unpaired) electrons. The topological polar surface area (TPSA) is 80.0 Å². The average Bonchev–Trinajstić information content (AvgIpc) is 2.75. The molecule has 1 aromatic carbocycles. The van der Waals surface area contributed by atoms with E-state index < -0.39 is 0 Å². The van der Waals surface area contributed by atoms with Gasteiger partial charge in [-0.2, -0.15) is 4.98 Å². The predicted molar refractivity (Wildman–Crippen MR) is 126 cm³/mol. The van der Waals surface area contributed by atoms with Gasteiger partial charge < -0.3 is 16.0 Å². The summed E-state index contributed by atoms with van der Waals surface area (Å²) in [6, 6.07) is 9.96. The first kappa shape index (κ1) is 22.0. The SMILES string of the molecule is C\C=C/C=C(C)/C=C(/[C@H](C)Nc1nc(N)nc2cccnc12)N(C)c1cccc(F)c1. The first-order valence-electron chi connectivity index (χ1n) is 10.0. The molecule has 2 heterocycles. The fourth-order valence-electron chi connectivity index (χ4n) is 3.24. The van der Waals surface area contributed by atoms with Crippen molar-refractivity contribution in [3.8, 4) is 0 Å². The minimum atomic E-state index is -0.288. The zero-order valence-corrected chi connectivity index (χ0v) is 18.2. The average molecular weight is 419 g/mol. The lowest BCUT2D eigenvalue weighted by atomic mass is 10.1. The lowest BCUT2D eigenvalue weighted by Crippen LogP contribution is -2.30. The van der Waals surface area contributed by atoms with Gasteiger partial charge in [0.25, 0.3) is 0 Å². The molecule has 1 atom stereocenters. The van der Waals surface area contributed by atoms with Crippen LogP contribution in [0.15, 0.2) is 78.2 Å². The molecule has 3 aromatic rings. The zero-order valence-electron chi connectivity index (χ0n) is 18.2. The largest absolute Gasteiger partial charge is 0.368 e. The van der Waals surface area contributed by atoms with Crippen LogP contribution in [0.5, 0.6) is 0 Å². The number of benzene rings is 1. The summed E-state index contributed by atoms with van der Waals surface area (Å²) in [4.78, 5) is 15.0. The number of anilines is 3. The Labute approximate surface area is 182 Å². The Balaban J connectivity index is 2.02. The maximum absolute atomic E-state index is 13.9. The van der Waals surface area contributed by atoms with Crippen molar-refractivity contribution in [2.75, 3.05) is 23.0 Å². The molecular weight excluding hydrogens is 391 g/mol. The number of halogens is 1. The van der Waals surface area contributed by atoms with Crippen molar-refractivity contribution in [2.24, 2.45) is 0 Å². The highest BCUT2D eigenvalue weighted by molar-refractivity contribution is 5.86. The van der Waals surface area contributed by atoms with E-state index in [2.05, 4.69) is 26.3 Å². The molecule has 2 aromatic heterocycles. The molecule has 160 valence electrons. The van der Waals surface area contributed by atoms with Gasteiger partial charge in [0.15, 0.2) is 5.82 Å². The Morgan fingerprint density at radius 1 is 1.23 bits per heavy atom. The summed E-state index contributed by atoms with van der Waals surface area (Å²) in [5, 5.41) is 3.41. The number of fused-ring (bicyclic) bond motifs is 1. The molecule has 0 saturated carbocycles. The van der Waals surface area contributed by atoms with Gasteiger partial charge in [-0.15, -0.1) is 0 Å². The Bertz CT molecular complexity index is 1150. The van der Waals surface area contributed by atoms with E-state index in [4.69, 9.17) is 5.73 Å². The van der Waals surface area contributed by atoms with Gasteiger partial charge >= 0.3 is 0 Å². The lowest BCUT2D eigenvalue weighted by molar-refractivity contribution is 0.627. The molecule has 0 aliphatic carbocycles. The van der Waals surface area contributed by atoms with Gasteiger partial charge in [0.2, 0.25) is 5.95 Å². The predicted octanol–water partition coefficient (Wildman–Crippen LogP) is 5.09. The van der Waals surface area contributed by atoms with E-state index in [1.165, 1.54) is 12.1 Å². The number of rotatable bonds is 7. The van der Waals surface area contributed by atoms with Crippen LogP contribution in [0.25, 0.3) is 11.0 Å². The quantitative estimate of drug-likeness (QED) is 0.520. The van der Waals surface area contributed by atoms with Gasteiger partial charge in [-0.25, -0.2) is 9.37 Å². The molecule has 3 rings (SSSR count). The van der Waals surface area contributed by atoms with Crippen molar-refractivity contribution in [1.29, 1.82) is 0 Å². The molecular formula is C24H27FN6. The lowest BCUT2D eigenvalue weighted by Gasteiger charge is -2.29. The molecule has 0 unspecified atom stereocenters. The van der Waals surface area contributed by atoms with Crippen molar-refractivity contribution >= 4 is 28.5 Å². The molecule has 0 saturated heterocycles. The minimum absolute atomic E-state index is 0.170. The minimum Gasteiger partial charge on any atom is -0.368 e. The van der Waals surface area contributed by atoms with Crippen LogP contribution in [0.2, 0.25) is 0 Å². The van der Waals surface area contributed by atoms with E-state index in [1.54, 1.807) is 18.3 Å². The van der Waals surface area contributed by atoms with Gasteiger partial charge in [-0.1, -0.05) is 24.3 Å². The second-order valence-electron chi connectivity index (χ2n) is 7.21. The molecule has 0 aliphatic heterocycles. The summed E-state index contributed by atoms with van der Waals surface area (Å²) in [6.07, 6.45) is 9.72. The second kappa shape index (κ2) is 9.84. The van der Waals surface area contributed by atoms with Crippen molar-refractivity contribution in [3.05, 3.63) is 84.0 Å². The van der Waals surface area contributed by atoms with E-state index in [0.29, 0.717) is 16.9 Å². The Kier molecular flexibility index (Phi) is 6.97. The van der Waals surface area contributed by atoms with Crippen LogP contribution in [0.3, 0.4) is 0 Å². The summed E-state index contributed by atoms with van der Waals surface area (Å²) in [6.45, 7) is 6.00. The smallest absolute Gasteiger partial charge is 0.222 e. The number of hydrogen-bond acceptors (Lipinski definition) is 6. The first-order valence-corrected chi connectivity index (χ1v) is 10.0. The van der Waals surface area contributed by atoms with Crippen molar-refractivity contribution in [3.63, 3.8) is 0 Å². The molecule has 0 bridgehead atoms. The van der Waals surface area contributed by atoms with E-state index in [0.717, 1.165) is 17.0 Å². The standard InChI is InChI=1S/C24H27FN6/c1-5-6-9-16(2)14-21(31(4)19-11-7-10-18(25)15-19)17(3)28-23-22-20(12-8-13-27-22)29-24(26)30-23/h5-15,17H,1-4H3,(H3,26,28,29,30)/b6-5-,16-9+,21-14-/t17-/m0/s1. The number of nitrogens with zero attached hydrogens (tertiary/aromatic N) is 4. The highest BCUT2D eigenvalue weighted by atomic mass is 19.1. The highest BCUT2D eigenvalue weighted by Crippen LogP contribution is 2.25. The Hall–Kier alpha value is -3.74. The van der Waals surface area contributed by atoms with E-state index >= 15 is 0 Å². The number of nitrogens with one attached hydrogen (secondary N) is 1. The number of nitrogens with two attached hydrogens (primary N) is 1. The number of allylic oxidation sites excluding steroid dienone is 5. The Morgan fingerprint density at radius 3 is 2.77 bits per heavy atom. The van der Waals surface area contributed by atoms with Gasteiger partial charge in [-0.3, -0.25) is 4.98 Å². The van der Waals surface area contributed by atoms with Crippen LogP contribution in [0.4, 0.5) is 21.8 Å². The molecule has 0 amide bonds. The van der Waals surface area contributed by atoms with Crippen molar-refractivity contribution < 1.29 is 4.39 Å². The van der Waals surface area contributed by atoms with Crippen LogP contribution in [-0.4, -0.2) is 28.0 Å². The first-order chi connectivity index (χ1) is 14.9. The number of nitrogen functional groups attached to an aromatic ring is 1. The summed E-state index contributed by atoms with van der Waals surface area (Å²) < 4.78 is 13.9. The monoisotopic (exact) mass is 418 g/mol. The van der Waals surface area contributed by atoms with E-state index in [-0.39, 0.29) is 17.8 Å². The van der Waals surface area contributed by atoms with Crippen LogP contribution >= 0.6 is 0 Å². The fraction of sp³-hybridized carbons (Fsp3) is 0.208. The van der Waals surface area contributed by atoms with Crippen LogP contribution in [0.1, 0.15) is 20.8 Å². The number of pyridine rings is 1. The molecule has 0 fully saturated rings. The van der Waals surface area contributed by atoms with E-state index in [9.17, 15) is 4.39 Å². The maximum atomic E-state index is 13.9.